The van der Waals surface area contributed by atoms with Crippen LogP contribution in [0.25, 0.3) is 6.08 Å². The standard InChI is InChI=1S/C14H22BFN2O2/c1-10(2)18-8-7-17-12(18)9-11(16)15-19-13(3,4)14(5,6)20-15/h7-10H,1-6H3. The number of hydrogen-bond donors (Lipinski definition) is 0. The molecule has 1 aliphatic heterocycles. The quantitative estimate of drug-likeness (QED) is 0.796. The molecule has 0 aliphatic carbocycles. The summed E-state index contributed by atoms with van der Waals surface area (Å²) in [6.45, 7) is 11.6. The third kappa shape index (κ3) is 2.67. The minimum Gasteiger partial charge on any atom is -0.398 e. The number of rotatable bonds is 3. The van der Waals surface area contributed by atoms with E-state index in [2.05, 4.69) is 4.98 Å². The molecule has 1 aromatic heterocycles. The Kier molecular flexibility index (Phi) is 3.82. The fraction of sp³-hybridized carbons (Fsp3) is 0.643. The smallest absolute Gasteiger partial charge is 0.398 e. The number of aromatic nitrogens is 2. The van der Waals surface area contributed by atoms with Gasteiger partial charge in [0.1, 0.15) is 11.6 Å². The van der Waals surface area contributed by atoms with Gasteiger partial charge in [0.25, 0.3) is 0 Å². The molecule has 0 amide bonds. The summed E-state index contributed by atoms with van der Waals surface area (Å²) < 4.78 is 27.6. The van der Waals surface area contributed by atoms with E-state index in [1.807, 2.05) is 52.3 Å². The molecule has 1 fully saturated rings. The molecule has 0 saturated carbocycles. The molecular weight excluding hydrogens is 258 g/mol. The second-order valence-corrected chi connectivity index (χ2v) is 6.40. The third-order valence-corrected chi connectivity index (χ3v) is 4.00. The van der Waals surface area contributed by atoms with Crippen molar-refractivity contribution in [3.8, 4) is 0 Å². The molecule has 1 aliphatic rings. The van der Waals surface area contributed by atoms with Gasteiger partial charge in [0, 0.05) is 24.5 Å². The molecule has 6 heteroatoms. The predicted octanol–water partition coefficient (Wildman–Crippen LogP) is 3.41. The van der Waals surface area contributed by atoms with Gasteiger partial charge in [0.15, 0.2) is 0 Å². The van der Waals surface area contributed by atoms with Crippen molar-refractivity contribution in [1.82, 2.24) is 9.55 Å². The topological polar surface area (TPSA) is 36.3 Å². The molecule has 0 unspecified atom stereocenters. The summed E-state index contributed by atoms with van der Waals surface area (Å²) in [6, 6.07) is 0.217. The first kappa shape index (κ1) is 15.3. The largest absolute Gasteiger partial charge is 0.525 e. The van der Waals surface area contributed by atoms with Gasteiger partial charge in [-0.3, -0.25) is 0 Å². The highest BCUT2D eigenvalue weighted by Gasteiger charge is 2.53. The minimum atomic E-state index is -0.975. The summed E-state index contributed by atoms with van der Waals surface area (Å²) in [6.07, 6.45) is 4.86. The fourth-order valence-electron chi connectivity index (χ4n) is 2.02. The fourth-order valence-corrected chi connectivity index (χ4v) is 2.02. The molecule has 4 nitrogen and oxygen atoms in total. The van der Waals surface area contributed by atoms with E-state index < -0.39 is 24.0 Å². The lowest BCUT2D eigenvalue weighted by Gasteiger charge is -2.32. The molecule has 0 bridgehead atoms. The minimum absolute atomic E-state index is 0.217. The van der Waals surface area contributed by atoms with E-state index in [4.69, 9.17) is 9.31 Å². The molecule has 0 spiro atoms. The van der Waals surface area contributed by atoms with Crippen molar-refractivity contribution in [2.75, 3.05) is 0 Å². The summed E-state index contributed by atoms with van der Waals surface area (Å²) in [7, 11) is -0.975. The highest BCUT2D eigenvalue weighted by Crippen LogP contribution is 2.39. The van der Waals surface area contributed by atoms with Crippen LogP contribution in [0.5, 0.6) is 0 Å². The Bertz CT molecular complexity index is 507. The summed E-state index contributed by atoms with van der Waals surface area (Å²) in [4.78, 5) is 4.16. The first-order valence-electron chi connectivity index (χ1n) is 6.89. The van der Waals surface area contributed by atoms with Gasteiger partial charge in [-0.2, -0.15) is 0 Å². The maximum Gasteiger partial charge on any atom is 0.525 e. The van der Waals surface area contributed by atoms with E-state index in [0.29, 0.717) is 5.82 Å². The van der Waals surface area contributed by atoms with Gasteiger partial charge in [-0.15, -0.1) is 0 Å². The summed E-state index contributed by atoms with van der Waals surface area (Å²) in [5.74, 6) is 0.562. The zero-order valence-corrected chi connectivity index (χ0v) is 13.0. The summed E-state index contributed by atoms with van der Waals surface area (Å²) in [5, 5.41) is 0. The lowest BCUT2D eigenvalue weighted by atomic mass is 9.87. The average molecular weight is 280 g/mol. The Hall–Kier alpha value is -1.14. The van der Waals surface area contributed by atoms with Gasteiger partial charge in [-0.1, -0.05) is 0 Å². The third-order valence-electron chi connectivity index (χ3n) is 4.00. The van der Waals surface area contributed by atoms with Gasteiger partial charge in [-0.05, 0) is 41.5 Å². The molecule has 0 atom stereocenters. The highest BCUT2D eigenvalue weighted by atomic mass is 19.1. The lowest BCUT2D eigenvalue weighted by molar-refractivity contribution is 0.00578. The number of nitrogens with zero attached hydrogens (tertiary/aromatic N) is 2. The van der Waals surface area contributed by atoms with E-state index in [-0.39, 0.29) is 6.04 Å². The van der Waals surface area contributed by atoms with E-state index in [1.165, 1.54) is 6.08 Å². The second kappa shape index (κ2) is 5.00. The Morgan fingerprint density at radius 3 is 2.35 bits per heavy atom. The normalized spacial score (nSPS) is 21.8. The van der Waals surface area contributed by atoms with Crippen molar-refractivity contribution < 1.29 is 13.7 Å². The molecule has 20 heavy (non-hydrogen) atoms. The van der Waals surface area contributed by atoms with E-state index in [0.717, 1.165) is 0 Å². The number of hydrogen-bond acceptors (Lipinski definition) is 3. The maximum absolute atomic E-state index is 14.4. The van der Waals surface area contributed by atoms with E-state index >= 15 is 0 Å². The Balaban J connectivity index is 2.22. The van der Waals surface area contributed by atoms with Gasteiger partial charge in [-0.25, -0.2) is 9.37 Å². The SMILES string of the molecule is CC(C)n1ccnc1C=C(F)B1OC(C)(C)C(C)(C)O1. The molecule has 1 aromatic rings. The van der Waals surface area contributed by atoms with Crippen molar-refractivity contribution in [3.05, 3.63) is 23.9 Å². The van der Waals surface area contributed by atoms with Gasteiger partial charge >= 0.3 is 7.12 Å². The first-order chi connectivity index (χ1) is 9.14. The molecule has 110 valence electrons. The van der Waals surface area contributed by atoms with Crippen LogP contribution >= 0.6 is 0 Å². The van der Waals surface area contributed by atoms with Crippen LogP contribution in [0.2, 0.25) is 0 Å². The summed E-state index contributed by atoms with van der Waals surface area (Å²) in [5.41, 5.74) is -1.55. The van der Waals surface area contributed by atoms with Crippen LogP contribution in [0.1, 0.15) is 53.4 Å². The molecular formula is C14H22BFN2O2. The Morgan fingerprint density at radius 2 is 1.85 bits per heavy atom. The van der Waals surface area contributed by atoms with Gasteiger partial charge < -0.3 is 13.9 Å². The van der Waals surface area contributed by atoms with Gasteiger partial charge in [0.2, 0.25) is 0 Å². The van der Waals surface area contributed by atoms with Crippen molar-refractivity contribution in [2.45, 2.75) is 58.8 Å². The number of halogens is 1. The zero-order valence-electron chi connectivity index (χ0n) is 13.0. The number of imidazole rings is 1. The average Bonchev–Trinajstić information content (AvgIpc) is 2.82. The monoisotopic (exact) mass is 280 g/mol. The van der Waals surface area contributed by atoms with Crippen LogP contribution in [0.4, 0.5) is 4.39 Å². The van der Waals surface area contributed by atoms with Gasteiger partial charge in [0.05, 0.1) is 11.2 Å². The molecule has 0 N–H and O–H groups in total. The first-order valence-corrected chi connectivity index (χ1v) is 6.89. The van der Waals surface area contributed by atoms with Crippen molar-refractivity contribution in [2.24, 2.45) is 0 Å². The van der Waals surface area contributed by atoms with Crippen molar-refractivity contribution in [3.63, 3.8) is 0 Å². The van der Waals surface area contributed by atoms with Crippen LogP contribution in [0.15, 0.2) is 18.1 Å². The maximum atomic E-state index is 14.4. The van der Waals surface area contributed by atoms with Crippen LogP contribution in [0.3, 0.4) is 0 Å². The van der Waals surface area contributed by atoms with E-state index in [1.54, 1.807) is 6.20 Å². The molecule has 0 radical (unpaired) electrons. The van der Waals surface area contributed by atoms with Crippen LogP contribution < -0.4 is 0 Å². The van der Waals surface area contributed by atoms with Crippen LogP contribution in [-0.2, 0) is 9.31 Å². The molecule has 0 aromatic carbocycles. The molecule has 1 saturated heterocycles. The molecule has 2 heterocycles. The second-order valence-electron chi connectivity index (χ2n) is 6.40. The van der Waals surface area contributed by atoms with Crippen LogP contribution in [-0.4, -0.2) is 27.9 Å². The lowest BCUT2D eigenvalue weighted by Crippen LogP contribution is -2.41. The molecule has 2 rings (SSSR count). The van der Waals surface area contributed by atoms with Crippen molar-refractivity contribution >= 4 is 13.2 Å². The summed E-state index contributed by atoms with van der Waals surface area (Å²) >= 11 is 0. The van der Waals surface area contributed by atoms with E-state index in [9.17, 15) is 4.39 Å². The zero-order chi connectivity index (χ0) is 15.1. The van der Waals surface area contributed by atoms with Crippen molar-refractivity contribution in [1.29, 1.82) is 0 Å². The van der Waals surface area contributed by atoms with Crippen LogP contribution in [0, 0.1) is 0 Å². The Labute approximate surface area is 120 Å². The predicted molar refractivity (Wildman–Crippen MR) is 77.8 cm³/mol. The Morgan fingerprint density at radius 1 is 1.30 bits per heavy atom. The highest BCUT2D eigenvalue weighted by molar-refractivity contribution is 6.54.